The minimum absolute atomic E-state index is 0.385. The van der Waals surface area contributed by atoms with Gasteiger partial charge >= 0.3 is 0 Å². The smallest absolute Gasteiger partial charge is 0.0838 e. The topological polar surface area (TPSA) is 18.5 Å². The summed E-state index contributed by atoms with van der Waals surface area (Å²) in [5, 5.41) is 0. The van der Waals surface area contributed by atoms with E-state index in [0.29, 0.717) is 18.1 Å². The Morgan fingerprint density at radius 2 is 2.09 bits per heavy atom. The molecule has 1 aliphatic heterocycles. The third kappa shape index (κ3) is 1.94. The molecule has 0 aromatic heterocycles. The van der Waals surface area contributed by atoms with Gasteiger partial charge in [-0.15, -0.1) is 0 Å². The van der Waals surface area contributed by atoms with Crippen molar-refractivity contribution in [3.63, 3.8) is 0 Å². The van der Waals surface area contributed by atoms with Crippen LogP contribution in [0.2, 0.25) is 0 Å². The molecule has 64 valence electrons. The standard InChI is InChI=1S/C9H16O2/c1-7-4-5-10-6-9(7)11-8-2-3-8/h7-9H,2-6H2,1H3/t7-,9?/m1/s1. The fourth-order valence-corrected chi connectivity index (χ4v) is 1.44. The zero-order chi connectivity index (χ0) is 7.68. The molecule has 1 unspecified atom stereocenters. The molecule has 2 rings (SSSR count). The van der Waals surface area contributed by atoms with Gasteiger partial charge in [-0.1, -0.05) is 6.92 Å². The number of hydrogen-bond acceptors (Lipinski definition) is 2. The van der Waals surface area contributed by atoms with Crippen LogP contribution in [0.5, 0.6) is 0 Å². The van der Waals surface area contributed by atoms with E-state index in [2.05, 4.69) is 6.92 Å². The summed E-state index contributed by atoms with van der Waals surface area (Å²) in [5.74, 6) is 0.698. The van der Waals surface area contributed by atoms with E-state index in [-0.39, 0.29) is 0 Å². The second kappa shape index (κ2) is 3.11. The van der Waals surface area contributed by atoms with Crippen molar-refractivity contribution in [2.24, 2.45) is 5.92 Å². The van der Waals surface area contributed by atoms with Crippen molar-refractivity contribution >= 4 is 0 Å². The van der Waals surface area contributed by atoms with Crippen molar-refractivity contribution in [3.8, 4) is 0 Å². The molecule has 11 heavy (non-hydrogen) atoms. The summed E-state index contributed by atoms with van der Waals surface area (Å²) in [4.78, 5) is 0. The van der Waals surface area contributed by atoms with Crippen molar-refractivity contribution in [1.82, 2.24) is 0 Å². The zero-order valence-electron chi connectivity index (χ0n) is 7.08. The van der Waals surface area contributed by atoms with Gasteiger partial charge < -0.3 is 9.47 Å². The largest absolute Gasteiger partial charge is 0.379 e. The van der Waals surface area contributed by atoms with Gasteiger partial charge in [0.05, 0.1) is 18.8 Å². The molecule has 1 aliphatic carbocycles. The van der Waals surface area contributed by atoms with Crippen LogP contribution in [-0.4, -0.2) is 25.4 Å². The quantitative estimate of drug-likeness (QED) is 0.604. The highest BCUT2D eigenvalue weighted by Crippen LogP contribution is 2.29. The van der Waals surface area contributed by atoms with Gasteiger partial charge in [0.1, 0.15) is 0 Å². The minimum Gasteiger partial charge on any atom is -0.379 e. The van der Waals surface area contributed by atoms with E-state index in [1.165, 1.54) is 12.8 Å². The van der Waals surface area contributed by atoms with Crippen LogP contribution in [0.4, 0.5) is 0 Å². The second-order valence-corrected chi connectivity index (χ2v) is 3.71. The molecule has 0 amide bonds. The minimum atomic E-state index is 0.385. The molecule has 1 saturated carbocycles. The van der Waals surface area contributed by atoms with Crippen LogP contribution in [0.3, 0.4) is 0 Å². The van der Waals surface area contributed by atoms with E-state index < -0.39 is 0 Å². The second-order valence-electron chi connectivity index (χ2n) is 3.71. The van der Waals surface area contributed by atoms with Crippen LogP contribution in [0.25, 0.3) is 0 Å². The molecule has 2 fully saturated rings. The molecule has 2 nitrogen and oxygen atoms in total. The summed E-state index contributed by atoms with van der Waals surface area (Å²) in [6.07, 6.45) is 4.66. The normalized spacial score (nSPS) is 39.0. The Kier molecular flexibility index (Phi) is 2.14. The van der Waals surface area contributed by atoms with E-state index >= 15 is 0 Å². The van der Waals surface area contributed by atoms with E-state index in [9.17, 15) is 0 Å². The molecule has 0 N–H and O–H groups in total. The Morgan fingerprint density at radius 1 is 1.27 bits per heavy atom. The van der Waals surface area contributed by atoms with Gasteiger partial charge in [0.2, 0.25) is 0 Å². The molecule has 0 spiro atoms. The monoisotopic (exact) mass is 156 g/mol. The molecule has 2 atom stereocenters. The lowest BCUT2D eigenvalue weighted by Gasteiger charge is -2.28. The Morgan fingerprint density at radius 3 is 2.73 bits per heavy atom. The fourth-order valence-electron chi connectivity index (χ4n) is 1.44. The summed E-state index contributed by atoms with van der Waals surface area (Å²) in [6.45, 7) is 4.00. The molecule has 1 heterocycles. The Balaban J connectivity index is 1.78. The third-order valence-corrected chi connectivity index (χ3v) is 2.53. The van der Waals surface area contributed by atoms with E-state index in [4.69, 9.17) is 9.47 Å². The SMILES string of the molecule is C[C@@H]1CCOCC1OC1CC1. The Bertz CT molecular complexity index is 132. The van der Waals surface area contributed by atoms with E-state index in [1.54, 1.807) is 0 Å². The lowest BCUT2D eigenvalue weighted by Crippen LogP contribution is -2.33. The van der Waals surface area contributed by atoms with Gasteiger partial charge in [-0.25, -0.2) is 0 Å². The van der Waals surface area contributed by atoms with Gasteiger partial charge in [-0.05, 0) is 25.2 Å². The highest BCUT2D eigenvalue weighted by Gasteiger charge is 2.30. The highest BCUT2D eigenvalue weighted by molar-refractivity contribution is 4.79. The molecular formula is C9H16O2. The van der Waals surface area contributed by atoms with Crippen LogP contribution in [0.1, 0.15) is 26.2 Å². The van der Waals surface area contributed by atoms with Gasteiger partial charge in [-0.2, -0.15) is 0 Å². The molecular weight excluding hydrogens is 140 g/mol. The molecule has 0 aromatic carbocycles. The summed E-state index contributed by atoms with van der Waals surface area (Å²) < 4.78 is 11.1. The van der Waals surface area contributed by atoms with Crippen molar-refractivity contribution in [3.05, 3.63) is 0 Å². The molecule has 0 aromatic rings. The van der Waals surface area contributed by atoms with Crippen molar-refractivity contribution in [2.45, 2.75) is 38.4 Å². The number of rotatable bonds is 2. The number of ether oxygens (including phenoxy) is 2. The van der Waals surface area contributed by atoms with E-state index in [0.717, 1.165) is 19.6 Å². The highest BCUT2D eigenvalue weighted by atomic mass is 16.5. The first-order chi connectivity index (χ1) is 5.36. The molecule has 2 aliphatic rings. The molecule has 0 radical (unpaired) electrons. The lowest BCUT2D eigenvalue weighted by atomic mass is 10.00. The predicted octanol–water partition coefficient (Wildman–Crippen LogP) is 1.59. The van der Waals surface area contributed by atoms with Crippen LogP contribution < -0.4 is 0 Å². The first-order valence-corrected chi connectivity index (χ1v) is 4.59. The third-order valence-electron chi connectivity index (χ3n) is 2.53. The summed E-state index contributed by atoms with van der Waals surface area (Å²) in [7, 11) is 0. The Hall–Kier alpha value is -0.0800. The van der Waals surface area contributed by atoms with Crippen LogP contribution in [0.15, 0.2) is 0 Å². The maximum absolute atomic E-state index is 5.79. The number of hydrogen-bond donors (Lipinski definition) is 0. The van der Waals surface area contributed by atoms with Gasteiger partial charge in [-0.3, -0.25) is 0 Å². The van der Waals surface area contributed by atoms with Gasteiger partial charge in [0.15, 0.2) is 0 Å². The average molecular weight is 156 g/mol. The molecule has 0 bridgehead atoms. The fraction of sp³-hybridized carbons (Fsp3) is 1.00. The van der Waals surface area contributed by atoms with Gasteiger partial charge in [0.25, 0.3) is 0 Å². The Labute approximate surface area is 67.9 Å². The van der Waals surface area contributed by atoms with Crippen LogP contribution in [0, 0.1) is 5.92 Å². The van der Waals surface area contributed by atoms with Crippen molar-refractivity contribution < 1.29 is 9.47 Å². The lowest BCUT2D eigenvalue weighted by molar-refractivity contribution is -0.0854. The van der Waals surface area contributed by atoms with Crippen LogP contribution >= 0.6 is 0 Å². The van der Waals surface area contributed by atoms with Crippen molar-refractivity contribution in [2.75, 3.05) is 13.2 Å². The first-order valence-electron chi connectivity index (χ1n) is 4.59. The molecule has 1 saturated heterocycles. The maximum Gasteiger partial charge on any atom is 0.0838 e. The average Bonchev–Trinajstić information content (AvgIpc) is 2.78. The van der Waals surface area contributed by atoms with E-state index in [1.807, 2.05) is 0 Å². The maximum atomic E-state index is 5.79. The molecule has 2 heteroatoms. The van der Waals surface area contributed by atoms with Crippen LogP contribution in [-0.2, 0) is 9.47 Å². The van der Waals surface area contributed by atoms with Crippen molar-refractivity contribution in [1.29, 1.82) is 0 Å². The zero-order valence-corrected chi connectivity index (χ0v) is 7.08. The van der Waals surface area contributed by atoms with Gasteiger partial charge in [0, 0.05) is 6.61 Å². The summed E-state index contributed by atoms with van der Waals surface area (Å²) >= 11 is 0. The predicted molar refractivity (Wildman–Crippen MR) is 42.5 cm³/mol. The summed E-state index contributed by atoms with van der Waals surface area (Å²) in [6, 6.07) is 0. The first kappa shape index (κ1) is 7.56. The summed E-state index contributed by atoms with van der Waals surface area (Å²) in [5.41, 5.74) is 0.